The fraction of sp³-hybridized carbons (Fsp3) is 0.588. The highest BCUT2D eigenvalue weighted by Gasteiger charge is 2.26. The standard InChI is InChI=1S/C17H25N3OS/c1-14(2)19-9-7-18(8-10-19)13-17(21)20-11-12-22-16-6-4-3-5-15(16)20/h3-6,14H,7-13H2,1-2H3. The van der Waals surface area contributed by atoms with Gasteiger partial charge in [0.2, 0.25) is 5.91 Å². The lowest BCUT2D eigenvalue weighted by molar-refractivity contribution is -0.120. The van der Waals surface area contributed by atoms with Gasteiger partial charge in [-0.1, -0.05) is 12.1 Å². The predicted molar refractivity (Wildman–Crippen MR) is 92.7 cm³/mol. The molecule has 3 rings (SSSR count). The van der Waals surface area contributed by atoms with E-state index in [1.54, 1.807) is 0 Å². The van der Waals surface area contributed by atoms with Gasteiger partial charge in [-0.25, -0.2) is 0 Å². The van der Waals surface area contributed by atoms with Crippen molar-refractivity contribution in [3.05, 3.63) is 24.3 Å². The van der Waals surface area contributed by atoms with Gasteiger partial charge in [0.05, 0.1) is 12.2 Å². The Morgan fingerprint density at radius 1 is 1.14 bits per heavy atom. The van der Waals surface area contributed by atoms with E-state index in [2.05, 4.69) is 35.8 Å². The van der Waals surface area contributed by atoms with Gasteiger partial charge in [0, 0.05) is 49.4 Å². The molecule has 0 aliphatic carbocycles. The molecule has 1 aromatic rings. The second-order valence-electron chi connectivity index (χ2n) is 6.27. The van der Waals surface area contributed by atoms with Crippen molar-refractivity contribution >= 4 is 23.4 Å². The van der Waals surface area contributed by atoms with Crippen LogP contribution >= 0.6 is 11.8 Å². The maximum atomic E-state index is 12.7. The number of hydrogen-bond acceptors (Lipinski definition) is 4. The number of fused-ring (bicyclic) bond motifs is 1. The maximum Gasteiger partial charge on any atom is 0.241 e. The van der Waals surface area contributed by atoms with Crippen LogP contribution in [-0.2, 0) is 4.79 Å². The lowest BCUT2D eigenvalue weighted by Crippen LogP contribution is -2.52. The zero-order valence-electron chi connectivity index (χ0n) is 13.5. The molecule has 0 aromatic heterocycles. The average Bonchev–Trinajstić information content (AvgIpc) is 2.54. The van der Waals surface area contributed by atoms with Crippen molar-refractivity contribution in [3.63, 3.8) is 0 Å². The number of carbonyl (C=O) groups excluding carboxylic acids is 1. The molecular weight excluding hydrogens is 294 g/mol. The third-order valence-electron chi connectivity index (χ3n) is 4.53. The lowest BCUT2D eigenvalue weighted by Gasteiger charge is -2.38. The van der Waals surface area contributed by atoms with Crippen LogP contribution in [0.15, 0.2) is 29.2 Å². The Hall–Kier alpha value is -1.04. The predicted octanol–water partition coefficient (Wildman–Crippen LogP) is 2.15. The van der Waals surface area contributed by atoms with E-state index in [9.17, 15) is 4.79 Å². The second-order valence-corrected chi connectivity index (χ2v) is 7.40. The van der Waals surface area contributed by atoms with Crippen molar-refractivity contribution in [2.75, 3.05) is 49.9 Å². The first-order valence-corrected chi connectivity index (χ1v) is 9.12. The number of anilines is 1. The summed E-state index contributed by atoms with van der Waals surface area (Å²) >= 11 is 1.85. The van der Waals surface area contributed by atoms with Crippen molar-refractivity contribution in [1.29, 1.82) is 0 Å². The summed E-state index contributed by atoms with van der Waals surface area (Å²) in [6.07, 6.45) is 0. The van der Waals surface area contributed by atoms with Gasteiger partial charge in [-0.05, 0) is 26.0 Å². The third kappa shape index (κ3) is 3.47. The average molecular weight is 319 g/mol. The third-order valence-corrected chi connectivity index (χ3v) is 5.57. The van der Waals surface area contributed by atoms with Gasteiger partial charge in [-0.3, -0.25) is 14.6 Å². The highest BCUT2D eigenvalue weighted by atomic mass is 32.2. The summed E-state index contributed by atoms with van der Waals surface area (Å²) in [5.74, 6) is 1.23. The topological polar surface area (TPSA) is 26.8 Å². The van der Waals surface area contributed by atoms with Crippen LogP contribution in [0.3, 0.4) is 0 Å². The Morgan fingerprint density at radius 3 is 2.59 bits per heavy atom. The van der Waals surface area contributed by atoms with Crippen LogP contribution in [0.1, 0.15) is 13.8 Å². The first kappa shape index (κ1) is 15.8. The second kappa shape index (κ2) is 7.02. The number of rotatable bonds is 3. The number of carbonyl (C=O) groups is 1. The molecule has 22 heavy (non-hydrogen) atoms. The SMILES string of the molecule is CC(C)N1CCN(CC(=O)N2CCSc3ccccc32)CC1. The molecule has 2 heterocycles. The van der Waals surface area contributed by atoms with Gasteiger partial charge in [-0.2, -0.15) is 0 Å². The van der Waals surface area contributed by atoms with Crippen LogP contribution in [0.5, 0.6) is 0 Å². The summed E-state index contributed by atoms with van der Waals surface area (Å²) in [5, 5.41) is 0. The van der Waals surface area contributed by atoms with Crippen molar-refractivity contribution in [1.82, 2.24) is 9.80 Å². The van der Waals surface area contributed by atoms with Crippen LogP contribution in [0.2, 0.25) is 0 Å². The Morgan fingerprint density at radius 2 is 1.86 bits per heavy atom. The fourth-order valence-electron chi connectivity index (χ4n) is 3.14. The lowest BCUT2D eigenvalue weighted by atomic mass is 10.2. The van der Waals surface area contributed by atoms with Crippen molar-refractivity contribution in [2.45, 2.75) is 24.8 Å². The van der Waals surface area contributed by atoms with E-state index < -0.39 is 0 Å². The minimum Gasteiger partial charge on any atom is -0.309 e. The van der Waals surface area contributed by atoms with E-state index in [1.165, 1.54) is 4.90 Å². The summed E-state index contributed by atoms with van der Waals surface area (Å²) in [7, 11) is 0. The molecular formula is C17H25N3OS. The molecule has 0 bridgehead atoms. The molecule has 1 fully saturated rings. The number of piperazine rings is 1. The molecule has 0 radical (unpaired) electrons. The van der Waals surface area contributed by atoms with E-state index in [0.717, 1.165) is 44.2 Å². The molecule has 0 atom stereocenters. The summed E-state index contributed by atoms with van der Waals surface area (Å²) in [6, 6.07) is 8.85. The highest BCUT2D eigenvalue weighted by Crippen LogP contribution is 2.34. The number of thioether (sulfide) groups is 1. The first-order valence-electron chi connectivity index (χ1n) is 8.14. The van der Waals surface area contributed by atoms with Crippen LogP contribution < -0.4 is 4.90 Å². The van der Waals surface area contributed by atoms with Gasteiger partial charge < -0.3 is 4.90 Å². The number of hydrogen-bond donors (Lipinski definition) is 0. The zero-order chi connectivity index (χ0) is 15.5. The highest BCUT2D eigenvalue weighted by molar-refractivity contribution is 7.99. The largest absolute Gasteiger partial charge is 0.309 e. The van der Waals surface area contributed by atoms with E-state index >= 15 is 0 Å². The van der Waals surface area contributed by atoms with Crippen LogP contribution in [0.4, 0.5) is 5.69 Å². The Bertz CT molecular complexity index is 526. The summed E-state index contributed by atoms with van der Waals surface area (Å²) in [5.41, 5.74) is 1.09. The number of benzene rings is 1. The van der Waals surface area contributed by atoms with Gasteiger partial charge in [0.15, 0.2) is 0 Å². The molecule has 1 aromatic carbocycles. The van der Waals surface area contributed by atoms with Crippen LogP contribution in [0.25, 0.3) is 0 Å². The summed E-state index contributed by atoms with van der Waals surface area (Å²) in [4.78, 5) is 20.7. The minimum absolute atomic E-state index is 0.241. The molecule has 1 amide bonds. The molecule has 5 heteroatoms. The van der Waals surface area contributed by atoms with Gasteiger partial charge in [-0.15, -0.1) is 11.8 Å². The number of amides is 1. The van der Waals surface area contributed by atoms with Crippen LogP contribution in [0, 0.1) is 0 Å². The van der Waals surface area contributed by atoms with E-state index in [0.29, 0.717) is 12.6 Å². The quantitative estimate of drug-likeness (QED) is 0.853. The van der Waals surface area contributed by atoms with E-state index in [4.69, 9.17) is 0 Å². The van der Waals surface area contributed by atoms with Crippen LogP contribution in [-0.4, -0.2) is 66.8 Å². The minimum atomic E-state index is 0.241. The summed E-state index contributed by atoms with van der Waals surface area (Å²) < 4.78 is 0. The van der Waals surface area contributed by atoms with Crippen molar-refractivity contribution < 1.29 is 4.79 Å². The Labute approximate surface area is 137 Å². The molecule has 4 nitrogen and oxygen atoms in total. The van der Waals surface area contributed by atoms with Gasteiger partial charge in [0.1, 0.15) is 0 Å². The zero-order valence-corrected chi connectivity index (χ0v) is 14.3. The molecule has 2 aliphatic rings. The molecule has 0 spiro atoms. The maximum absolute atomic E-state index is 12.7. The number of para-hydroxylation sites is 1. The smallest absolute Gasteiger partial charge is 0.241 e. The Kier molecular flexibility index (Phi) is 5.06. The molecule has 0 unspecified atom stereocenters. The van der Waals surface area contributed by atoms with Gasteiger partial charge in [0.25, 0.3) is 0 Å². The fourth-order valence-corrected chi connectivity index (χ4v) is 4.14. The van der Waals surface area contributed by atoms with E-state index in [-0.39, 0.29) is 5.91 Å². The summed E-state index contributed by atoms with van der Waals surface area (Å²) in [6.45, 7) is 9.97. The Balaban J connectivity index is 1.60. The van der Waals surface area contributed by atoms with Gasteiger partial charge >= 0.3 is 0 Å². The molecule has 2 aliphatic heterocycles. The van der Waals surface area contributed by atoms with Crippen molar-refractivity contribution in [3.8, 4) is 0 Å². The monoisotopic (exact) mass is 319 g/mol. The molecule has 0 saturated carbocycles. The molecule has 120 valence electrons. The van der Waals surface area contributed by atoms with E-state index in [1.807, 2.05) is 28.8 Å². The molecule has 0 N–H and O–H groups in total. The van der Waals surface area contributed by atoms with Crippen molar-refractivity contribution in [2.24, 2.45) is 0 Å². The normalized spacial score (nSPS) is 20.2. The molecule has 1 saturated heterocycles. The first-order chi connectivity index (χ1) is 10.6. The number of nitrogens with zero attached hydrogens (tertiary/aromatic N) is 3.